The van der Waals surface area contributed by atoms with E-state index in [-0.39, 0.29) is 0 Å². The van der Waals surface area contributed by atoms with Crippen molar-refractivity contribution in [2.45, 2.75) is 25.8 Å². The Morgan fingerprint density at radius 1 is 1.25 bits per heavy atom. The first-order valence-electron chi connectivity index (χ1n) is 7.09. The van der Waals surface area contributed by atoms with Crippen LogP contribution in [0.5, 0.6) is 11.5 Å². The lowest BCUT2D eigenvalue weighted by molar-refractivity contribution is 0.297. The quantitative estimate of drug-likeness (QED) is 0.777. The smallest absolute Gasteiger partial charge is 0.179 e. The predicted octanol–water partition coefficient (Wildman–Crippen LogP) is 3.73. The van der Waals surface area contributed by atoms with Crippen LogP contribution in [0.2, 0.25) is 5.02 Å². The summed E-state index contributed by atoms with van der Waals surface area (Å²) in [4.78, 5) is 0. The Morgan fingerprint density at radius 2 is 2.10 bits per heavy atom. The lowest BCUT2D eigenvalue weighted by Gasteiger charge is -2.12. The van der Waals surface area contributed by atoms with Crippen molar-refractivity contribution in [2.75, 3.05) is 31.8 Å². The van der Waals surface area contributed by atoms with Crippen molar-refractivity contribution >= 4 is 23.4 Å². The van der Waals surface area contributed by atoms with Gasteiger partial charge < -0.3 is 14.8 Å². The zero-order valence-corrected chi connectivity index (χ0v) is 13.5. The van der Waals surface area contributed by atoms with Crippen LogP contribution in [0.25, 0.3) is 0 Å². The molecule has 5 heteroatoms. The highest BCUT2D eigenvalue weighted by Crippen LogP contribution is 2.37. The van der Waals surface area contributed by atoms with Crippen LogP contribution < -0.4 is 14.8 Å². The van der Waals surface area contributed by atoms with E-state index >= 15 is 0 Å². The molecule has 0 saturated carbocycles. The van der Waals surface area contributed by atoms with E-state index in [0.717, 1.165) is 30.8 Å². The predicted molar refractivity (Wildman–Crippen MR) is 86.4 cm³/mol. The maximum Gasteiger partial charge on any atom is 0.179 e. The van der Waals surface area contributed by atoms with E-state index in [2.05, 4.69) is 11.6 Å². The standard InChI is InChI=1S/C15H22ClNO2S/c1-20-8-3-2-5-17-11-12-9-13(16)15-14(10-12)18-6-4-7-19-15/h9-10,17H,2-8,11H2,1H3. The second-order valence-corrected chi connectivity index (χ2v) is 6.22. The Balaban J connectivity index is 1.86. The molecule has 1 aliphatic heterocycles. The summed E-state index contributed by atoms with van der Waals surface area (Å²) in [5, 5.41) is 4.09. The average molecular weight is 316 g/mol. The van der Waals surface area contributed by atoms with Crippen molar-refractivity contribution in [3.63, 3.8) is 0 Å². The Kier molecular flexibility index (Phi) is 6.83. The molecule has 112 valence electrons. The van der Waals surface area contributed by atoms with Gasteiger partial charge in [-0.15, -0.1) is 0 Å². The van der Waals surface area contributed by atoms with Crippen LogP contribution in [0.3, 0.4) is 0 Å². The molecule has 2 rings (SSSR count). The van der Waals surface area contributed by atoms with Gasteiger partial charge in [0.2, 0.25) is 0 Å². The van der Waals surface area contributed by atoms with Crippen molar-refractivity contribution in [2.24, 2.45) is 0 Å². The fourth-order valence-electron chi connectivity index (χ4n) is 2.12. The molecule has 20 heavy (non-hydrogen) atoms. The molecule has 0 amide bonds. The maximum absolute atomic E-state index is 6.27. The summed E-state index contributed by atoms with van der Waals surface area (Å²) in [6.07, 6.45) is 5.51. The van der Waals surface area contributed by atoms with Crippen molar-refractivity contribution in [3.05, 3.63) is 22.7 Å². The summed E-state index contributed by atoms with van der Waals surface area (Å²) in [5.41, 5.74) is 1.14. The molecule has 3 nitrogen and oxygen atoms in total. The minimum Gasteiger partial charge on any atom is -0.489 e. The number of unbranched alkanes of at least 4 members (excludes halogenated alkanes) is 1. The highest BCUT2D eigenvalue weighted by molar-refractivity contribution is 7.98. The molecule has 1 N–H and O–H groups in total. The number of hydrogen-bond acceptors (Lipinski definition) is 4. The molecule has 1 aliphatic rings. The van der Waals surface area contributed by atoms with Crippen molar-refractivity contribution < 1.29 is 9.47 Å². The number of ether oxygens (including phenoxy) is 2. The number of rotatable bonds is 7. The monoisotopic (exact) mass is 315 g/mol. The number of nitrogens with one attached hydrogen (secondary N) is 1. The summed E-state index contributed by atoms with van der Waals surface area (Å²) >= 11 is 8.17. The third-order valence-electron chi connectivity index (χ3n) is 3.14. The summed E-state index contributed by atoms with van der Waals surface area (Å²) in [6.45, 7) is 3.21. The number of halogens is 1. The molecule has 0 aliphatic carbocycles. The highest BCUT2D eigenvalue weighted by Gasteiger charge is 2.15. The summed E-state index contributed by atoms with van der Waals surface area (Å²) < 4.78 is 11.3. The van der Waals surface area contributed by atoms with Crippen LogP contribution in [0.1, 0.15) is 24.8 Å². The van der Waals surface area contributed by atoms with E-state index in [9.17, 15) is 0 Å². The van der Waals surface area contributed by atoms with Crippen LogP contribution in [0.4, 0.5) is 0 Å². The second-order valence-electron chi connectivity index (χ2n) is 4.83. The molecule has 0 radical (unpaired) electrons. The fraction of sp³-hybridized carbons (Fsp3) is 0.600. The van der Waals surface area contributed by atoms with Gasteiger partial charge >= 0.3 is 0 Å². The van der Waals surface area contributed by atoms with E-state index in [1.807, 2.05) is 23.9 Å². The van der Waals surface area contributed by atoms with Gasteiger partial charge in [0.1, 0.15) is 0 Å². The maximum atomic E-state index is 6.27. The average Bonchev–Trinajstić information content (AvgIpc) is 2.68. The molecule has 0 bridgehead atoms. The first-order valence-corrected chi connectivity index (χ1v) is 8.86. The van der Waals surface area contributed by atoms with Crippen LogP contribution in [-0.2, 0) is 6.54 Å². The molecule has 1 aromatic rings. The SMILES string of the molecule is CSCCCCNCc1cc(Cl)c2c(c1)OCCCO2. The summed E-state index contributed by atoms with van der Waals surface area (Å²) in [6, 6.07) is 3.99. The van der Waals surface area contributed by atoms with Crippen LogP contribution in [-0.4, -0.2) is 31.8 Å². The van der Waals surface area contributed by atoms with Gasteiger partial charge in [0.15, 0.2) is 11.5 Å². The van der Waals surface area contributed by atoms with Gasteiger partial charge in [0.05, 0.1) is 18.2 Å². The normalized spacial score (nSPS) is 14.1. The lowest BCUT2D eigenvalue weighted by Crippen LogP contribution is -2.15. The Hall–Kier alpha value is -0.580. The first kappa shape index (κ1) is 15.8. The molecule has 1 aromatic carbocycles. The van der Waals surface area contributed by atoms with Gasteiger partial charge in [-0.2, -0.15) is 11.8 Å². The van der Waals surface area contributed by atoms with E-state index < -0.39 is 0 Å². The van der Waals surface area contributed by atoms with E-state index in [1.54, 1.807) is 0 Å². The summed E-state index contributed by atoms with van der Waals surface area (Å²) in [7, 11) is 0. The third-order valence-corrected chi connectivity index (χ3v) is 4.12. The van der Waals surface area contributed by atoms with Crippen LogP contribution in [0, 0.1) is 0 Å². The van der Waals surface area contributed by atoms with Crippen molar-refractivity contribution in [3.8, 4) is 11.5 Å². The number of thioether (sulfide) groups is 1. The second kappa shape index (κ2) is 8.65. The minimum atomic E-state index is 0.642. The molecule has 0 fully saturated rings. The first-order chi connectivity index (χ1) is 9.81. The summed E-state index contributed by atoms with van der Waals surface area (Å²) in [5.74, 6) is 2.69. The Labute approximate surface area is 130 Å². The van der Waals surface area contributed by atoms with E-state index in [4.69, 9.17) is 21.1 Å². The molecule has 0 saturated heterocycles. The zero-order valence-electron chi connectivity index (χ0n) is 11.9. The van der Waals surface area contributed by atoms with E-state index in [1.165, 1.54) is 18.6 Å². The number of hydrogen-bond donors (Lipinski definition) is 1. The molecule has 0 aromatic heterocycles. The van der Waals surface area contributed by atoms with Gasteiger partial charge in [-0.3, -0.25) is 0 Å². The van der Waals surface area contributed by atoms with Gasteiger partial charge in [0.25, 0.3) is 0 Å². The van der Waals surface area contributed by atoms with E-state index in [0.29, 0.717) is 24.0 Å². The molecule has 0 unspecified atom stereocenters. The largest absolute Gasteiger partial charge is 0.489 e. The molecular formula is C15H22ClNO2S. The van der Waals surface area contributed by atoms with Crippen molar-refractivity contribution in [1.29, 1.82) is 0 Å². The zero-order chi connectivity index (χ0) is 14.2. The van der Waals surface area contributed by atoms with Gasteiger partial charge in [-0.25, -0.2) is 0 Å². The Morgan fingerprint density at radius 3 is 2.95 bits per heavy atom. The van der Waals surface area contributed by atoms with Gasteiger partial charge in [-0.1, -0.05) is 11.6 Å². The number of fused-ring (bicyclic) bond motifs is 1. The topological polar surface area (TPSA) is 30.5 Å². The van der Waals surface area contributed by atoms with Crippen LogP contribution in [0.15, 0.2) is 12.1 Å². The highest BCUT2D eigenvalue weighted by atomic mass is 35.5. The fourth-order valence-corrected chi connectivity index (χ4v) is 2.90. The molecule has 0 atom stereocenters. The Bertz CT molecular complexity index is 429. The molecular weight excluding hydrogens is 294 g/mol. The van der Waals surface area contributed by atoms with Crippen LogP contribution >= 0.6 is 23.4 Å². The van der Waals surface area contributed by atoms with Crippen molar-refractivity contribution in [1.82, 2.24) is 5.32 Å². The third kappa shape index (κ3) is 4.76. The molecule has 0 spiro atoms. The minimum absolute atomic E-state index is 0.642. The van der Waals surface area contributed by atoms with Gasteiger partial charge in [0, 0.05) is 13.0 Å². The van der Waals surface area contributed by atoms with Gasteiger partial charge in [-0.05, 0) is 49.1 Å². The number of benzene rings is 1. The molecule has 1 heterocycles. The lowest BCUT2D eigenvalue weighted by atomic mass is 10.2.